The van der Waals surface area contributed by atoms with Crippen molar-refractivity contribution in [2.75, 3.05) is 0 Å². The third kappa shape index (κ3) is 2.07. The molecular weight excluding hydrogens is 424 g/mol. The maximum absolute atomic E-state index is 2.32. The van der Waals surface area contributed by atoms with Gasteiger partial charge in [-0.25, -0.2) is 0 Å². The average molecular weight is 441 g/mol. The molecule has 0 radical (unpaired) electrons. The highest BCUT2D eigenvalue weighted by molar-refractivity contribution is 7.29. The van der Waals surface area contributed by atoms with Crippen LogP contribution in [0.25, 0.3) is 72.7 Å². The van der Waals surface area contributed by atoms with Crippen LogP contribution in [0.3, 0.4) is 0 Å². The van der Waals surface area contributed by atoms with E-state index >= 15 is 0 Å². The zero-order valence-electron chi connectivity index (χ0n) is 17.1. The molecule has 0 saturated carbocycles. The smallest absolute Gasteiger partial charge is 0.0441 e. The van der Waals surface area contributed by atoms with Gasteiger partial charge in [-0.15, -0.1) is 22.7 Å². The maximum Gasteiger partial charge on any atom is 0.0441 e. The van der Waals surface area contributed by atoms with Crippen LogP contribution in [0, 0.1) is 0 Å². The molecular formula is C30H16S2. The van der Waals surface area contributed by atoms with E-state index in [0.29, 0.717) is 0 Å². The topological polar surface area (TPSA) is 0 Å². The summed E-state index contributed by atoms with van der Waals surface area (Å²) in [5.74, 6) is 0. The minimum atomic E-state index is 1.31. The third-order valence-electron chi connectivity index (χ3n) is 6.83. The van der Waals surface area contributed by atoms with E-state index in [1.54, 1.807) is 0 Å². The molecule has 0 bridgehead atoms. The first-order chi connectivity index (χ1) is 15.9. The van der Waals surface area contributed by atoms with Crippen molar-refractivity contribution in [2.24, 2.45) is 0 Å². The van der Waals surface area contributed by atoms with Crippen LogP contribution < -0.4 is 0 Å². The summed E-state index contributed by atoms with van der Waals surface area (Å²) in [5.41, 5.74) is 0. The van der Waals surface area contributed by atoms with Crippen molar-refractivity contribution in [3.05, 3.63) is 97.1 Å². The van der Waals surface area contributed by atoms with Crippen molar-refractivity contribution in [3.63, 3.8) is 0 Å². The molecule has 0 unspecified atom stereocenters. The third-order valence-corrected chi connectivity index (χ3v) is 9.20. The fourth-order valence-electron chi connectivity index (χ4n) is 5.47. The van der Waals surface area contributed by atoms with Crippen LogP contribution in [0.4, 0.5) is 0 Å². The lowest BCUT2D eigenvalue weighted by atomic mass is 9.95. The fraction of sp³-hybridized carbons (Fsp3) is 0. The first-order valence-electron chi connectivity index (χ1n) is 10.9. The van der Waals surface area contributed by atoms with Gasteiger partial charge in [0.25, 0.3) is 0 Å². The van der Waals surface area contributed by atoms with Gasteiger partial charge in [0.1, 0.15) is 0 Å². The van der Waals surface area contributed by atoms with Crippen LogP contribution in [-0.4, -0.2) is 0 Å². The molecule has 6 aromatic carbocycles. The predicted molar refractivity (Wildman–Crippen MR) is 145 cm³/mol. The minimum Gasteiger partial charge on any atom is -0.134 e. The van der Waals surface area contributed by atoms with Crippen LogP contribution in [0.5, 0.6) is 0 Å². The first kappa shape index (κ1) is 17.1. The zero-order valence-corrected chi connectivity index (χ0v) is 18.7. The summed E-state index contributed by atoms with van der Waals surface area (Å²) >= 11 is 3.89. The van der Waals surface area contributed by atoms with Crippen molar-refractivity contribution in [1.29, 1.82) is 0 Å². The Hall–Kier alpha value is -3.46. The molecule has 0 N–H and O–H groups in total. The molecule has 0 aliphatic rings. The summed E-state index contributed by atoms with van der Waals surface area (Å²) in [4.78, 5) is 0. The average Bonchev–Trinajstić information content (AvgIpc) is 3.43. The Kier molecular flexibility index (Phi) is 3.25. The normalized spacial score (nSPS) is 12.4. The molecule has 2 heterocycles. The summed E-state index contributed by atoms with van der Waals surface area (Å²) < 4.78 is 5.56. The number of thiophene rings is 2. The second kappa shape index (κ2) is 6.07. The highest BCUT2D eigenvalue weighted by Crippen LogP contribution is 2.51. The lowest BCUT2D eigenvalue weighted by Crippen LogP contribution is -1.79. The number of fused-ring (bicyclic) bond motifs is 14. The van der Waals surface area contributed by atoms with Crippen molar-refractivity contribution < 1.29 is 0 Å². The highest BCUT2D eigenvalue weighted by Gasteiger charge is 2.20. The van der Waals surface area contributed by atoms with Crippen LogP contribution in [0.1, 0.15) is 0 Å². The van der Waals surface area contributed by atoms with Gasteiger partial charge in [0, 0.05) is 51.1 Å². The van der Waals surface area contributed by atoms with Gasteiger partial charge in [-0.2, -0.15) is 0 Å². The molecule has 0 spiro atoms. The van der Waals surface area contributed by atoms with E-state index in [0.717, 1.165) is 0 Å². The monoisotopic (exact) mass is 440 g/mol. The molecule has 0 nitrogen and oxygen atoms in total. The zero-order chi connectivity index (χ0) is 20.8. The SMILES string of the molecule is c1ccc2c(c1)ccc1sc3c4ccccc4c4sc5ccc6ccccc6c5c4c3c12. The number of hydrogen-bond donors (Lipinski definition) is 0. The second-order valence-electron chi connectivity index (χ2n) is 8.48. The molecule has 8 rings (SSSR count). The van der Waals surface area contributed by atoms with E-state index in [-0.39, 0.29) is 0 Å². The maximum atomic E-state index is 2.32. The second-order valence-corrected chi connectivity index (χ2v) is 10.6. The van der Waals surface area contributed by atoms with Gasteiger partial charge in [-0.3, -0.25) is 0 Å². The Morgan fingerprint density at radius 3 is 1.22 bits per heavy atom. The Morgan fingerprint density at radius 2 is 0.750 bits per heavy atom. The van der Waals surface area contributed by atoms with E-state index in [2.05, 4.69) is 97.1 Å². The van der Waals surface area contributed by atoms with Crippen LogP contribution >= 0.6 is 22.7 Å². The molecule has 0 aliphatic heterocycles. The minimum absolute atomic E-state index is 1.31. The van der Waals surface area contributed by atoms with Crippen molar-refractivity contribution in [1.82, 2.24) is 0 Å². The quantitative estimate of drug-likeness (QED) is 0.220. The summed E-state index contributed by atoms with van der Waals surface area (Å²) in [6, 6.07) is 35.8. The van der Waals surface area contributed by atoms with Crippen LogP contribution in [0.2, 0.25) is 0 Å². The van der Waals surface area contributed by atoms with E-state index in [4.69, 9.17) is 0 Å². The Morgan fingerprint density at radius 1 is 0.344 bits per heavy atom. The summed E-state index contributed by atoms with van der Waals surface area (Å²) in [5, 5.41) is 13.7. The summed E-state index contributed by atoms with van der Waals surface area (Å²) in [6.07, 6.45) is 0. The van der Waals surface area contributed by atoms with Crippen LogP contribution in [0.15, 0.2) is 97.1 Å². The van der Waals surface area contributed by atoms with E-state index in [9.17, 15) is 0 Å². The predicted octanol–water partition coefficient (Wildman–Crippen LogP) is 9.88. The molecule has 0 amide bonds. The molecule has 0 fully saturated rings. The molecule has 148 valence electrons. The molecule has 2 aromatic heterocycles. The van der Waals surface area contributed by atoms with Gasteiger partial charge in [0.05, 0.1) is 0 Å². The van der Waals surface area contributed by atoms with Gasteiger partial charge >= 0.3 is 0 Å². The van der Waals surface area contributed by atoms with Gasteiger partial charge < -0.3 is 0 Å². The van der Waals surface area contributed by atoms with Crippen molar-refractivity contribution >= 4 is 95.3 Å². The Bertz CT molecular complexity index is 1890. The highest BCUT2D eigenvalue weighted by atomic mass is 32.1. The van der Waals surface area contributed by atoms with Gasteiger partial charge in [-0.1, -0.05) is 84.9 Å². The number of rotatable bonds is 0. The number of benzene rings is 6. The molecule has 0 aliphatic carbocycles. The molecule has 0 saturated heterocycles. The van der Waals surface area contributed by atoms with Gasteiger partial charge in [-0.05, 0) is 33.7 Å². The molecule has 2 heteroatoms. The molecule has 8 aromatic rings. The van der Waals surface area contributed by atoms with E-state index < -0.39 is 0 Å². The first-order valence-corrected chi connectivity index (χ1v) is 12.5. The summed E-state index contributed by atoms with van der Waals surface area (Å²) in [6.45, 7) is 0. The van der Waals surface area contributed by atoms with Gasteiger partial charge in [0.15, 0.2) is 0 Å². The standard InChI is InChI=1S/C30H16S2/c1-3-9-19-17(7-1)13-15-23-25(19)27-28-26-20-10-4-2-8-18(20)14-16-24(26)32-30(28)22-12-6-5-11-21(22)29(27)31-23/h1-16H. The Labute approximate surface area is 191 Å². The van der Waals surface area contributed by atoms with Crippen molar-refractivity contribution in [3.8, 4) is 0 Å². The lowest BCUT2D eigenvalue weighted by molar-refractivity contribution is 1.82. The van der Waals surface area contributed by atoms with Gasteiger partial charge in [0.2, 0.25) is 0 Å². The summed E-state index contributed by atoms with van der Waals surface area (Å²) in [7, 11) is 0. The molecule has 32 heavy (non-hydrogen) atoms. The van der Waals surface area contributed by atoms with E-state index in [1.807, 2.05) is 22.7 Å². The Balaban J connectivity index is 1.82. The van der Waals surface area contributed by atoms with E-state index in [1.165, 1.54) is 72.7 Å². The largest absolute Gasteiger partial charge is 0.134 e. The van der Waals surface area contributed by atoms with Crippen molar-refractivity contribution in [2.45, 2.75) is 0 Å². The molecule has 0 atom stereocenters. The lowest BCUT2D eigenvalue weighted by Gasteiger charge is -2.06. The van der Waals surface area contributed by atoms with Crippen LogP contribution in [-0.2, 0) is 0 Å². The fourth-order valence-corrected chi connectivity index (χ4v) is 8.00. The number of hydrogen-bond acceptors (Lipinski definition) is 2.